The fraction of sp³-hybridized carbons (Fsp3) is 0.448. The van der Waals surface area contributed by atoms with Crippen molar-refractivity contribution in [1.29, 1.82) is 0 Å². The highest BCUT2D eigenvalue weighted by atomic mass is 35.5. The van der Waals surface area contributed by atoms with E-state index >= 15 is 0 Å². The number of ether oxygens (including phenoxy) is 1. The molecule has 2 aliphatic rings. The van der Waals surface area contributed by atoms with Crippen molar-refractivity contribution < 1.29 is 50.3 Å². The monoisotopic (exact) mass is 679 g/mol. The fourth-order valence-corrected chi connectivity index (χ4v) is 5.98. The molecule has 1 aliphatic carbocycles. The molecular formula is C29H30Cl2F3NO8S. The van der Waals surface area contributed by atoms with Gasteiger partial charge in [-0.3, -0.25) is 24.0 Å². The highest BCUT2D eigenvalue weighted by molar-refractivity contribution is 7.90. The van der Waals surface area contributed by atoms with Gasteiger partial charge in [0.15, 0.2) is 27.2 Å². The Balaban J connectivity index is 0.000000278. The SMILES string of the molecule is CC1(C)CON(Cc2ccccc2Cl)C1=O.CS(=O)(=O)c1ccc(C(=O)C2C(=O)CCCC2=O)c(Cl)c1COCC(F)(F)F. The van der Waals surface area contributed by atoms with Crippen molar-refractivity contribution in [2.45, 2.75) is 57.3 Å². The number of Topliss-reactive ketones (excluding diaryl/α,β-unsaturated/α-hetero) is 3. The van der Waals surface area contributed by atoms with Crippen molar-refractivity contribution in [2.75, 3.05) is 19.5 Å². The predicted octanol–water partition coefficient (Wildman–Crippen LogP) is 5.58. The average Bonchev–Trinajstić information content (AvgIpc) is 3.16. The zero-order chi connectivity index (χ0) is 33.0. The second-order valence-electron chi connectivity index (χ2n) is 11.0. The molecule has 0 radical (unpaired) electrons. The van der Waals surface area contributed by atoms with Crippen LogP contribution in [0.2, 0.25) is 10.0 Å². The Kier molecular flexibility index (Phi) is 11.4. The normalized spacial score (nSPS) is 17.5. The van der Waals surface area contributed by atoms with Crippen molar-refractivity contribution in [3.05, 3.63) is 63.1 Å². The van der Waals surface area contributed by atoms with Crippen molar-refractivity contribution in [3.63, 3.8) is 0 Å². The molecule has 0 unspecified atom stereocenters. The van der Waals surface area contributed by atoms with Gasteiger partial charge in [0, 0.05) is 35.2 Å². The van der Waals surface area contributed by atoms with Crippen LogP contribution in [0.5, 0.6) is 0 Å². The molecule has 0 bridgehead atoms. The maximum Gasteiger partial charge on any atom is 0.411 e. The second-order valence-corrected chi connectivity index (χ2v) is 13.7. The van der Waals surface area contributed by atoms with Gasteiger partial charge in [0.2, 0.25) is 0 Å². The first-order chi connectivity index (χ1) is 20.3. The van der Waals surface area contributed by atoms with Gasteiger partial charge in [-0.2, -0.15) is 13.2 Å². The van der Waals surface area contributed by atoms with Crippen LogP contribution < -0.4 is 0 Å². The van der Waals surface area contributed by atoms with Crippen LogP contribution in [-0.4, -0.2) is 62.4 Å². The minimum absolute atomic E-state index is 0.00687. The lowest BCUT2D eigenvalue weighted by Gasteiger charge is -2.20. The molecule has 0 N–H and O–H groups in total. The summed E-state index contributed by atoms with van der Waals surface area (Å²) in [4.78, 5) is 53.5. The molecular weight excluding hydrogens is 650 g/mol. The molecule has 1 amide bonds. The molecule has 4 rings (SSSR count). The molecule has 2 fully saturated rings. The lowest BCUT2D eigenvalue weighted by molar-refractivity contribution is -0.176. The number of nitrogens with zero attached hydrogens (tertiary/aromatic N) is 1. The van der Waals surface area contributed by atoms with E-state index in [1.807, 2.05) is 38.1 Å². The maximum atomic E-state index is 12.7. The largest absolute Gasteiger partial charge is 0.411 e. The third-order valence-corrected chi connectivity index (χ3v) is 8.77. The van der Waals surface area contributed by atoms with E-state index in [2.05, 4.69) is 4.74 Å². The van der Waals surface area contributed by atoms with Crippen LogP contribution in [0.3, 0.4) is 0 Å². The van der Waals surface area contributed by atoms with Gasteiger partial charge in [0.05, 0.1) is 35.1 Å². The van der Waals surface area contributed by atoms with Crippen molar-refractivity contribution >= 4 is 56.3 Å². The van der Waals surface area contributed by atoms with E-state index in [9.17, 15) is 40.8 Å². The van der Waals surface area contributed by atoms with Gasteiger partial charge in [-0.15, -0.1) is 0 Å². The van der Waals surface area contributed by atoms with Crippen LogP contribution in [0.25, 0.3) is 0 Å². The molecule has 1 saturated heterocycles. The average molecular weight is 681 g/mol. The number of carbonyl (C=O) groups is 4. The van der Waals surface area contributed by atoms with Crippen molar-refractivity contribution in [1.82, 2.24) is 5.06 Å². The predicted molar refractivity (Wildman–Crippen MR) is 154 cm³/mol. The zero-order valence-corrected chi connectivity index (χ0v) is 26.3. The number of ketones is 3. The summed E-state index contributed by atoms with van der Waals surface area (Å²) in [5.74, 6) is -3.58. The Bertz CT molecular complexity index is 1540. The van der Waals surface area contributed by atoms with E-state index in [4.69, 9.17) is 28.0 Å². The molecule has 1 aliphatic heterocycles. The number of benzene rings is 2. The Morgan fingerprint density at radius 2 is 1.68 bits per heavy atom. The summed E-state index contributed by atoms with van der Waals surface area (Å²) in [6.07, 6.45) is -3.40. The number of hydrogen-bond donors (Lipinski definition) is 0. The first-order valence-electron chi connectivity index (χ1n) is 13.3. The summed E-state index contributed by atoms with van der Waals surface area (Å²) in [6, 6.07) is 9.50. The highest BCUT2D eigenvalue weighted by Gasteiger charge is 2.41. The van der Waals surface area contributed by atoms with E-state index in [0.717, 1.165) is 24.0 Å². The standard InChI is InChI=1S/C17H16ClF3O6S.C12H14ClNO2/c1-28(25,26)13-6-5-9(15(18)10(13)7-27-8-17(19,20)21)16(24)14-11(22)3-2-4-12(14)23;1-12(2)8-16-14(11(12)15)7-9-5-3-4-6-10(9)13/h5-6,14H,2-4,7-8H2,1H3;3-6H,7-8H2,1-2H3. The molecule has 1 saturated carbocycles. The number of hydroxylamine groups is 2. The van der Waals surface area contributed by atoms with E-state index in [-0.39, 0.29) is 29.9 Å². The molecule has 2 aromatic carbocycles. The number of carbonyl (C=O) groups excluding carboxylic acids is 4. The third kappa shape index (κ3) is 8.87. The summed E-state index contributed by atoms with van der Waals surface area (Å²) < 4.78 is 65.3. The Labute approximate surface area is 262 Å². The van der Waals surface area contributed by atoms with E-state index < -0.39 is 67.8 Å². The number of hydrogen-bond acceptors (Lipinski definition) is 8. The lowest BCUT2D eigenvalue weighted by Crippen LogP contribution is -2.35. The van der Waals surface area contributed by atoms with Gasteiger partial charge < -0.3 is 4.74 Å². The lowest BCUT2D eigenvalue weighted by atomic mass is 9.81. The first-order valence-corrected chi connectivity index (χ1v) is 15.9. The maximum absolute atomic E-state index is 12.7. The van der Waals surface area contributed by atoms with E-state index in [0.29, 0.717) is 24.6 Å². The molecule has 9 nitrogen and oxygen atoms in total. The van der Waals surface area contributed by atoms with Crippen LogP contribution in [0.1, 0.15) is 54.6 Å². The smallest absolute Gasteiger partial charge is 0.367 e. The van der Waals surface area contributed by atoms with Crippen molar-refractivity contribution in [3.8, 4) is 0 Å². The van der Waals surface area contributed by atoms with Crippen LogP contribution in [0.15, 0.2) is 41.3 Å². The summed E-state index contributed by atoms with van der Waals surface area (Å²) >= 11 is 12.1. The molecule has 0 aromatic heterocycles. The summed E-state index contributed by atoms with van der Waals surface area (Å²) in [6.45, 7) is 2.11. The number of alkyl halides is 3. The quantitative estimate of drug-likeness (QED) is 0.262. The molecule has 15 heteroatoms. The van der Waals surface area contributed by atoms with Crippen LogP contribution in [0.4, 0.5) is 13.2 Å². The van der Waals surface area contributed by atoms with Crippen LogP contribution in [0, 0.1) is 11.3 Å². The zero-order valence-electron chi connectivity index (χ0n) is 24.0. The number of halogens is 5. The fourth-order valence-electron chi connectivity index (χ4n) is 4.49. The van der Waals surface area contributed by atoms with Gasteiger partial charge in [0.1, 0.15) is 12.5 Å². The first kappa shape index (κ1) is 35.6. The Morgan fingerprint density at radius 3 is 2.20 bits per heavy atom. The Morgan fingerprint density at radius 1 is 1.07 bits per heavy atom. The summed E-state index contributed by atoms with van der Waals surface area (Å²) in [5.41, 5.74) is -0.181. The molecule has 240 valence electrons. The second kappa shape index (κ2) is 14.1. The molecule has 2 aromatic rings. The molecule has 1 heterocycles. The van der Waals surface area contributed by atoms with Gasteiger partial charge in [-0.1, -0.05) is 41.4 Å². The van der Waals surface area contributed by atoms with Gasteiger partial charge in [0.25, 0.3) is 5.91 Å². The van der Waals surface area contributed by atoms with Crippen LogP contribution in [-0.2, 0) is 46.9 Å². The minimum Gasteiger partial charge on any atom is -0.367 e. The van der Waals surface area contributed by atoms with Crippen LogP contribution >= 0.6 is 23.2 Å². The van der Waals surface area contributed by atoms with Gasteiger partial charge in [-0.25, -0.2) is 13.5 Å². The number of amides is 1. The molecule has 44 heavy (non-hydrogen) atoms. The van der Waals surface area contributed by atoms with E-state index in [1.165, 1.54) is 5.06 Å². The summed E-state index contributed by atoms with van der Waals surface area (Å²) in [5, 5.41) is 1.59. The number of rotatable bonds is 8. The Hall–Kier alpha value is -2.84. The number of sulfone groups is 1. The third-order valence-electron chi connectivity index (χ3n) is 6.79. The topological polar surface area (TPSA) is 124 Å². The van der Waals surface area contributed by atoms with Gasteiger partial charge in [-0.05, 0) is 44.0 Å². The van der Waals surface area contributed by atoms with Gasteiger partial charge >= 0.3 is 6.18 Å². The molecule has 0 spiro atoms. The van der Waals surface area contributed by atoms with E-state index in [1.54, 1.807) is 0 Å². The summed E-state index contributed by atoms with van der Waals surface area (Å²) in [7, 11) is -3.90. The molecule has 0 atom stereocenters. The minimum atomic E-state index is -4.65. The van der Waals surface area contributed by atoms with Crippen molar-refractivity contribution in [2.24, 2.45) is 11.3 Å². The highest BCUT2D eigenvalue weighted by Crippen LogP contribution is 2.33.